The van der Waals surface area contributed by atoms with Crippen LogP contribution in [-0.2, 0) is 22.3 Å². The van der Waals surface area contributed by atoms with Crippen molar-refractivity contribution in [3.63, 3.8) is 0 Å². The van der Waals surface area contributed by atoms with E-state index in [0.717, 1.165) is 16.9 Å². The van der Waals surface area contributed by atoms with Crippen LogP contribution in [0.1, 0.15) is 19.4 Å². The highest BCUT2D eigenvalue weighted by molar-refractivity contribution is 6.12. The highest BCUT2D eigenvalue weighted by atomic mass is 19.4. The van der Waals surface area contributed by atoms with Crippen molar-refractivity contribution in [2.45, 2.75) is 44.6 Å². The van der Waals surface area contributed by atoms with E-state index in [0.29, 0.717) is 22.3 Å². The monoisotopic (exact) mass is 526 g/mol. The van der Waals surface area contributed by atoms with Crippen LogP contribution in [-0.4, -0.2) is 80.1 Å². The van der Waals surface area contributed by atoms with Crippen molar-refractivity contribution < 1.29 is 31.5 Å². The Morgan fingerprint density at radius 3 is 2.51 bits per heavy atom. The summed E-state index contributed by atoms with van der Waals surface area (Å²) in [5.41, 5.74) is -1.91. The van der Waals surface area contributed by atoms with Crippen LogP contribution < -0.4 is 9.80 Å². The zero-order valence-electron chi connectivity index (χ0n) is 20.0. The number of carbonyl (C=O) groups excluding carboxylic acids is 2. The van der Waals surface area contributed by atoms with Gasteiger partial charge in [0, 0.05) is 25.3 Å². The van der Waals surface area contributed by atoms with Gasteiger partial charge >= 0.3 is 6.18 Å². The Labute approximate surface area is 207 Å². The molecule has 3 aromatic heterocycles. The number of aromatic nitrogens is 5. The van der Waals surface area contributed by atoms with E-state index >= 15 is 0 Å². The molecule has 0 atom stereocenters. The third kappa shape index (κ3) is 4.82. The molecule has 198 valence electrons. The number of pyridine rings is 1. The topological polar surface area (TPSA) is 100 Å². The van der Waals surface area contributed by atoms with Gasteiger partial charge in [0.2, 0.25) is 6.41 Å². The number of amides is 2. The van der Waals surface area contributed by atoms with Gasteiger partial charge in [0.25, 0.3) is 12.3 Å². The fraction of sp³-hybridized carbons (Fsp3) is 0.455. The molecule has 4 rings (SSSR count). The van der Waals surface area contributed by atoms with E-state index in [2.05, 4.69) is 20.1 Å². The second-order valence-electron chi connectivity index (χ2n) is 8.93. The molecule has 37 heavy (non-hydrogen) atoms. The number of alkyl halides is 5. The summed E-state index contributed by atoms with van der Waals surface area (Å²) in [6, 6.07) is 1.19. The van der Waals surface area contributed by atoms with E-state index in [1.165, 1.54) is 12.4 Å². The maximum absolute atomic E-state index is 13.7. The minimum Gasteiger partial charge on any atom is -0.350 e. The smallest absolute Gasteiger partial charge is 0.350 e. The molecule has 1 fully saturated rings. The molecule has 3 aromatic rings. The molecule has 0 aromatic carbocycles. The molecule has 1 saturated heterocycles. The molecule has 0 N–H and O–H groups in total. The van der Waals surface area contributed by atoms with Crippen LogP contribution in [0.2, 0.25) is 0 Å². The van der Waals surface area contributed by atoms with Gasteiger partial charge in [-0.1, -0.05) is 0 Å². The normalized spacial score (nSPS) is 15.5. The van der Waals surface area contributed by atoms with Crippen molar-refractivity contribution >= 4 is 35.1 Å². The summed E-state index contributed by atoms with van der Waals surface area (Å²) in [7, 11) is 1.66. The SMILES string of the molecule is CC(C)N(C)C1(C(=O)N(C=O)c2cc(C(F)(F)F)ccn2)CN(c2cnc3cnn(CC(F)F)c3n2)C1. The molecule has 0 bridgehead atoms. The Morgan fingerprint density at radius 1 is 1.22 bits per heavy atom. The van der Waals surface area contributed by atoms with E-state index < -0.39 is 42.0 Å². The zero-order chi connectivity index (χ0) is 27.1. The van der Waals surface area contributed by atoms with E-state index in [4.69, 9.17) is 0 Å². The fourth-order valence-corrected chi connectivity index (χ4v) is 4.16. The lowest BCUT2D eigenvalue weighted by Gasteiger charge is -2.55. The molecule has 10 nitrogen and oxygen atoms in total. The first-order valence-corrected chi connectivity index (χ1v) is 11.1. The van der Waals surface area contributed by atoms with Gasteiger partial charge in [-0.25, -0.2) is 33.3 Å². The van der Waals surface area contributed by atoms with Gasteiger partial charge < -0.3 is 4.90 Å². The number of likely N-dealkylation sites (N-methyl/N-ethyl adjacent to an activating group) is 1. The number of anilines is 2. The van der Waals surface area contributed by atoms with Gasteiger partial charge in [0.1, 0.15) is 29.2 Å². The van der Waals surface area contributed by atoms with E-state index in [1.54, 1.807) is 16.8 Å². The van der Waals surface area contributed by atoms with Crippen molar-refractivity contribution in [2.75, 3.05) is 29.9 Å². The summed E-state index contributed by atoms with van der Waals surface area (Å²) < 4.78 is 66.5. The highest BCUT2D eigenvalue weighted by Gasteiger charge is 2.55. The summed E-state index contributed by atoms with van der Waals surface area (Å²) in [6.45, 7) is 2.98. The minimum atomic E-state index is -4.69. The quantitative estimate of drug-likeness (QED) is 0.326. The second-order valence-corrected chi connectivity index (χ2v) is 8.93. The van der Waals surface area contributed by atoms with Crippen LogP contribution in [0.25, 0.3) is 11.2 Å². The van der Waals surface area contributed by atoms with Crippen molar-refractivity contribution in [1.29, 1.82) is 0 Å². The zero-order valence-corrected chi connectivity index (χ0v) is 20.0. The highest BCUT2D eigenvalue weighted by Crippen LogP contribution is 2.36. The predicted octanol–water partition coefficient (Wildman–Crippen LogP) is 2.59. The van der Waals surface area contributed by atoms with Crippen molar-refractivity contribution in [2.24, 2.45) is 0 Å². The van der Waals surface area contributed by atoms with Gasteiger partial charge in [0.05, 0.1) is 18.0 Å². The standard InChI is InChI=1S/C22H23F5N8O2/c1-13(2)32(3)21(20(37)34(12-36)17-6-14(4-5-28-17)22(25,26)27)10-33(11-21)18-8-29-15-7-30-35(9-16(23)24)19(15)31-18/h4-8,12-13,16H,9-11H2,1-3H3. The van der Waals surface area contributed by atoms with Gasteiger partial charge in [-0.2, -0.15) is 18.3 Å². The van der Waals surface area contributed by atoms with Gasteiger partial charge in [0.15, 0.2) is 5.65 Å². The van der Waals surface area contributed by atoms with Gasteiger partial charge in [-0.15, -0.1) is 0 Å². The Hall–Kier alpha value is -3.75. The van der Waals surface area contributed by atoms with Crippen LogP contribution in [0.4, 0.5) is 33.6 Å². The van der Waals surface area contributed by atoms with E-state index in [-0.39, 0.29) is 31.2 Å². The van der Waals surface area contributed by atoms with Crippen molar-refractivity contribution in [3.8, 4) is 0 Å². The largest absolute Gasteiger partial charge is 0.416 e. The van der Waals surface area contributed by atoms with Crippen LogP contribution in [0.15, 0.2) is 30.7 Å². The predicted molar refractivity (Wildman–Crippen MR) is 122 cm³/mol. The number of hydrogen-bond acceptors (Lipinski definition) is 8. The summed E-state index contributed by atoms with van der Waals surface area (Å²) in [5.74, 6) is -0.931. The number of hydrogen-bond donors (Lipinski definition) is 0. The molecule has 1 aliphatic rings. The maximum Gasteiger partial charge on any atom is 0.416 e. The first-order valence-electron chi connectivity index (χ1n) is 11.1. The fourth-order valence-electron chi connectivity index (χ4n) is 4.16. The third-order valence-electron chi connectivity index (χ3n) is 6.36. The number of fused-ring (bicyclic) bond motifs is 1. The van der Waals surface area contributed by atoms with Crippen molar-refractivity contribution in [1.82, 2.24) is 29.6 Å². The summed E-state index contributed by atoms with van der Waals surface area (Å²) >= 11 is 0. The summed E-state index contributed by atoms with van der Waals surface area (Å²) in [4.78, 5) is 41.9. The Balaban J connectivity index is 1.65. The molecule has 0 spiro atoms. The lowest BCUT2D eigenvalue weighted by molar-refractivity contribution is -0.138. The minimum absolute atomic E-state index is 0.00693. The molecule has 0 radical (unpaired) electrons. The van der Waals surface area contributed by atoms with E-state index in [9.17, 15) is 31.5 Å². The Kier molecular flexibility index (Phi) is 6.83. The second kappa shape index (κ2) is 9.61. The van der Waals surface area contributed by atoms with Crippen LogP contribution in [0.3, 0.4) is 0 Å². The molecule has 15 heteroatoms. The number of nitrogens with zero attached hydrogens (tertiary/aromatic N) is 8. The molecule has 4 heterocycles. The van der Waals surface area contributed by atoms with Crippen LogP contribution in [0, 0.1) is 0 Å². The molecule has 0 unspecified atom stereocenters. The lowest BCUT2D eigenvalue weighted by atomic mass is 9.85. The first-order chi connectivity index (χ1) is 17.4. The number of carbonyl (C=O) groups is 2. The van der Waals surface area contributed by atoms with Crippen molar-refractivity contribution in [3.05, 3.63) is 36.3 Å². The van der Waals surface area contributed by atoms with Gasteiger partial charge in [-0.3, -0.25) is 14.5 Å². The van der Waals surface area contributed by atoms with Crippen LogP contribution >= 0.6 is 0 Å². The average molecular weight is 526 g/mol. The lowest BCUT2D eigenvalue weighted by Crippen LogP contribution is -2.77. The average Bonchev–Trinajstić information content (AvgIpc) is 3.20. The number of rotatable bonds is 8. The van der Waals surface area contributed by atoms with Crippen LogP contribution in [0.5, 0.6) is 0 Å². The molecule has 2 amide bonds. The summed E-state index contributed by atoms with van der Waals surface area (Å²) in [6.07, 6.45) is -3.61. The molecule has 0 aliphatic carbocycles. The Morgan fingerprint density at radius 2 is 1.92 bits per heavy atom. The molecule has 1 aliphatic heterocycles. The first kappa shape index (κ1) is 26.3. The Bertz CT molecular complexity index is 1310. The van der Waals surface area contributed by atoms with E-state index in [1.807, 2.05) is 13.8 Å². The maximum atomic E-state index is 13.7. The molecular formula is C22H23F5N8O2. The number of halogens is 5. The van der Waals surface area contributed by atoms with Gasteiger partial charge in [-0.05, 0) is 33.0 Å². The molecular weight excluding hydrogens is 503 g/mol. The third-order valence-corrected chi connectivity index (χ3v) is 6.36. The summed E-state index contributed by atoms with van der Waals surface area (Å²) in [5, 5.41) is 3.88. The number of imide groups is 1. The molecule has 0 saturated carbocycles.